The number of carboxylic acid groups (broad SMARTS) is 1. The summed E-state index contributed by atoms with van der Waals surface area (Å²) in [6.45, 7) is 2.84. The van der Waals surface area contributed by atoms with E-state index in [9.17, 15) is 24.8 Å². The molecule has 0 spiro atoms. The number of benzene rings is 1. The number of carbonyl (C=O) groups is 1. The van der Waals surface area contributed by atoms with E-state index >= 15 is 0 Å². The van der Waals surface area contributed by atoms with Gasteiger partial charge >= 0.3 is 11.7 Å². The van der Waals surface area contributed by atoms with Crippen LogP contribution in [0.2, 0.25) is 0 Å². The van der Waals surface area contributed by atoms with E-state index in [0.717, 1.165) is 17.4 Å². The number of imidazole rings is 1. The van der Waals surface area contributed by atoms with Crippen molar-refractivity contribution in [2.45, 2.75) is 38.9 Å². The quantitative estimate of drug-likeness (QED) is 0.505. The molecule has 0 saturated carbocycles. The van der Waals surface area contributed by atoms with Crippen molar-refractivity contribution >= 4 is 23.1 Å². The van der Waals surface area contributed by atoms with Crippen LogP contribution < -0.4 is 21.9 Å². The van der Waals surface area contributed by atoms with Crippen molar-refractivity contribution in [1.82, 2.24) is 18.7 Å². The van der Waals surface area contributed by atoms with Gasteiger partial charge in [0, 0.05) is 26.2 Å². The predicted molar refractivity (Wildman–Crippen MR) is 129 cm³/mol. The Kier molecular flexibility index (Phi) is 6.45. The molecule has 0 aliphatic carbocycles. The molecule has 35 heavy (non-hydrogen) atoms. The van der Waals surface area contributed by atoms with Crippen LogP contribution in [0.1, 0.15) is 41.3 Å². The molecule has 0 unspecified atom stereocenters. The first-order chi connectivity index (χ1) is 16.8. The first-order valence-electron chi connectivity index (χ1n) is 11.1. The third-order valence-electron chi connectivity index (χ3n) is 6.16. The molecule has 0 radical (unpaired) electrons. The first-order valence-corrected chi connectivity index (χ1v) is 11.1. The fourth-order valence-electron chi connectivity index (χ4n) is 4.41. The monoisotopic (exact) mass is 475 g/mol. The highest BCUT2D eigenvalue weighted by Gasteiger charge is 2.26. The fraction of sp³-hybridized carbons (Fsp3) is 0.375. The van der Waals surface area contributed by atoms with Gasteiger partial charge in [0.2, 0.25) is 5.95 Å². The number of nitriles is 1. The van der Waals surface area contributed by atoms with Crippen LogP contribution in [0.5, 0.6) is 0 Å². The Morgan fingerprint density at radius 3 is 2.74 bits per heavy atom. The van der Waals surface area contributed by atoms with Crippen LogP contribution in [0.4, 0.5) is 5.95 Å². The smallest absolute Gasteiger partial charge is 0.336 e. The molecule has 4 rings (SSSR count). The lowest BCUT2D eigenvalue weighted by atomic mass is 10.0. The van der Waals surface area contributed by atoms with Crippen LogP contribution >= 0.6 is 0 Å². The van der Waals surface area contributed by atoms with Gasteiger partial charge in [-0.05, 0) is 43.5 Å². The number of aromatic nitrogens is 4. The molecule has 1 saturated heterocycles. The summed E-state index contributed by atoms with van der Waals surface area (Å²) in [4.78, 5) is 45.3. The number of hydrogen-bond acceptors (Lipinski definition) is 7. The van der Waals surface area contributed by atoms with E-state index in [-0.39, 0.29) is 47.0 Å². The van der Waals surface area contributed by atoms with E-state index in [1.54, 1.807) is 11.5 Å². The second kappa shape index (κ2) is 9.49. The Labute approximate surface area is 200 Å². The lowest BCUT2D eigenvalue weighted by molar-refractivity contribution is 0.0695. The summed E-state index contributed by atoms with van der Waals surface area (Å²) >= 11 is 0. The Morgan fingerprint density at radius 1 is 1.31 bits per heavy atom. The lowest BCUT2D eigenvalue weighted by Gasteiger charge is -2.31. The van der Waals surface area contributed by atoms with Crippen LogP contribution in [0.25, 0.3) is 11.2 Å². The lowest BCUT2D eigenvalue weighted by Crippen LogP contribution is -2.44. The molecule has 1 atom stereocenters. The minimum Gasteiger partial charge on any atom is -0.478 e. The highest BCUT2D eigenvalue weighted by atomic mass is 16.4. The normalized spacial score (nSPS) is 15.5. The van der Waals surface area contributed by atoms with Gasteiger partial charge in [0.1, 0.15) is 0 Å². The molecule has 1 aromatic carbocycles. The molecule has 1 fully saturated rings. The Bertz CT molecular complexity index is 1540. The maximum absolute atomic E-state index is 13.7. The largest absolute Gasteiger partial charge is 0.478 e. The maximum Gasteiger partial charge on any atom is 0.336 e. The van der Waals surface area contributed by atoms with Gasteiger partial charge < -0.3 is 15.7 Å². The second-order valence-electron chi connectivity index (χ2n) is 8.47. The predicted octanol–water partition coefficient (Wildman–Crippen LogP) is 0.466. The van der Waals surface area contributed by atoms with Gasteiger partial charge in [0.25, 0.3) is 5.56 Å². The third kappa shape index (κ3) is 4.29. The van der Waals surface area contributed by atoms with Gasteiger partial charge in [-0.2, -0.15) is 10.2 Å². The average Bonchev–Trinajstić information content (AvgIpc) is 3.23. The van der Waals surface area contributed by atoms with Crippen LogP contribution in [0.15, 0.2) is 27.8 Å². The van der Waals surface area contributed by atoms with Crippen molar-refractivity contribution in [2.24, 2.45) is 12.8 Å². The highest BCUT2D eigenvalue weighted by molar-refractivity contribution is 5.89. The van der Waals surface area contributed by atoms with Crippen LogP contribution in [0, 0.1) is 23.2 Å². The van der Waals surface area contributed by atoms with Crippen molar-refractivity contribution < 1.29 is 9.90 Å². The summed E-state index contributed by atoms with van der Waals surface area (Å²) in [7, 11) is 1.51. The van der Waals surface area contributed by atoms with Crippen LogP contribution in [-0.4, -0.2) is 48.9 Å². The summed E-state index contributed by atoms with van der Waals surface area (Å²) in [5.74, 6) is 5.09. The molecule has 2 aromatic heterocycles. The minimum atomic E-state index is -1.22. The van der Waals surface area contributed by atoms with E-state index < -0.39 is 17.2 Å². The van der Waals surface area contributed by atoms with E-state index in [4.69, 9.17) is 5.73 Å². The van der Waals surface area contributed by atoms with Crippen molar-refractivity contribution in [3.8, 4) is 17.9 Å². The molecule has 1 aliphatic rings. The second-order valence-corrected chi connectivity index (χ2v) is 8.47. The SMILES string of the molecule is CC#CCn1c(N2CCC[C@@H](N)C2)nc2c1c(=O)n(Cc1cc(C#N)ccc1C(=O)O)c(=O)n2C. The number of aryl methyl sites for hydroxylation is 1. The zero-order chi connectivity index (χ0) is 25.3. The molecule has 1 aliphatic heterocycles. The molecular formula is C24H25N7O4. The van der Waals surface area contributed by atoms with E-state index in [2.05, 4.69) is 16.8 Å². The zero-order valence-corrected chi connectivity index (χ0v) is 19.5. The molecule has 0 amide bonds. The van der Waals surface area contributed by atoms with Gasteiger partial charge in [-0.1, -0.05) is 5.92 Å². The molecule has 11 nitrogen and oxygen atoms in total. The van der Waals surface area contributed by atoms with E-state index in [0.29, 0.717) is 19.0 Å². The molecule has 11 heteroatoms. The number of anilines is 1. The number of rotatable bonds is 5. The number of fused-ring (bicyclic) bond motifs is 1. The summed E-state index contributed by atoms with van der Waals surface area (Å²) in [6.07, 6.45) is 1.77. The molecule has 3 aromatic rings. The molecule has 180 valence electrons. The maximum atomic E-state index is 13.7. The van der Waals surface area contributed by atoms with Crippen molar-refractivity contribution in [3.05, 3.63) is 55.7 Å². The van der Waals surface area contributed by atoms with Gasteiger partial charge in [0.05, 0.1) is 30.3 Å². The van der Waals surface area contributed by atoms with E-state index in [1.807, 2.05) is 11.0 Å². The Hall–Kier alpha value is -4.35. The summed E-state index contributed by atoms with van der Waals surface area (Å²) in [5, 5.41) is 18.8. The topological polar surface area (TPSA) is 152 Å². The number of hydrogen-bond donors (Lipinski definition) is 2. The minimum absolute atomic E-state index is 0.0309. The summed E-state index contributed by atoms with van der Waals surface area (Å²) in [6, 6.07) is 5.98. The number of nitrogens with zero attached hydrogens (tertiary/aromatic N) is 6. The van der Waals surface area contributed by atoms with Gasteiger partial charge in [-0.3, -0.25) is 18.5 Å². The Morgan fingerprint density at radius 2 is 2.09 bits per heavy atom. The summed E-state index contributed by atoms with van der Waals surface area (Å²) in [5.41, 5.74) is 5.63. The highest BCUT2D eigenvalue weighted by Crippen LogP contribution is 2.23. The van der Waals surface area contributed by atoms with E-state index in [1.165, 1.54) is 29.8 Å². The van der Waals surface area contributed by atoms with Crippen molar-refractivity contribution in [1.29, 1.82) is 5.26 Å². The number of aromatic carboxylic acids is 1. The molecule has 3 heterocycles. The zero-order valence-electron chi connectivity index (χ0n) is 19.5. The van der Waals surface area contributed by atoms with Gasteiger partial charge in [-0.25, -0.2) is 9.59 Å². The van der Waals surface area contributed by atoms with Gasteiger partial charge in [0.15, 0.2) is 11.2 Å². The number of nitrogens with two attached hydrogens (primary N) is 1. The molecule has 3 N–H and O–H groups in total. The summed E-state index contributed by atoms with van der Waals surface area (Å²) < 4.78 is 3.93. The van der Waals surface area contributed by atoms with Crippen molar-refractivity contribution in [2.75, 3.05) is 18.0 Å². The number of piperidine rings is 1. The van der Waals surface area contributed by atoms with Crippen LogP contribution in [0.3, 0.4) is 0 Å². The average molecular weight is 476 g/mol. The third-order valence-corrected chi connectivity index (χ3v) is 6.16. The van der Waals surface area contributed by atoms with Crippen LogP contribution in [-0.2, 0) is 20.1 Å². The van der Waals surface area contributed by atoms with Crippen molar-refractivity contribution in [3.63, 3.8) is 0 Å². The molecule has 0 bridgehead atoms. The Balaban J connectivity index is 1.95. The van der Waals surface area contributed by atoms with Gasteiger partial charge in [-0.15, -0.1) is 5.92 Å². The number of carboxylic acids is 1. The first kappa shape index (κ1) is 23.8. The molecular weight excluding hydrogens is 450 g/mol. The fourth-order valence-corrected chi connectivity index (χ4v) is 4.41. The standard InChI is InChI=1S/C24H25N7O4/c1-3-4-10-30-19-20(27-23(30)29-9-5-6-17(26)14-29)28(2)24(35)31(21(19)32)13-16-11-15(12-25)7-8-18(16)22(33)34/h7-8,11,17H,5-6,9-10,13-14,26H2,1-2H3,(H,33,34)/t17-/m1/s1.